The molecule has 4 N–H and O–H groups in total. The number of benzene rings is 1. The molecular formula is C14H13BrN2O4S. The van der Waals surface area contributed by atoms with Crippen LogP contribution in [-0.4, -0.2) is 22.9 Å². The average molecular weight is 385 g/mol. The van der Waals surface area contributed by atoms with Crippen molar-refractivity contribution in [2.24, 2.45) is 0 Å². The molecule has 116 valence electrons. The Labute approximate surface area is 138 Å². The number of aliphatic carboxylic acids is 1. The van der Waals surface area contributed by atoms with Crippen molar-refractivity contribution in [2.75, 3.05) is 11.5 Å². The number of halogens is 1. The molecule has 1 saturated heterocycles. The predicted octanol–water partition coefficient (Wildman–Crippen LogP) is 2.23. The van der Waals surface area contributed by atoms with Gasteiger partial charge in [-0.2, -0.15) is 0 Å². The van der Waals surface area contributed by atoms with Crippen LogP contribution < -0.4 is 16.5 Å². The maximum atomic E-state index is 12.8. The van der Waals surface area contributed by atoms with Gasteiger partial charge in [0.2, 0.25) is 11.3 Å². The molecule has 2 heterocycles. The molecule has 22 heavy (non-hydrogen) atoms. The number of aryl methyl sites for hydroxylation is 1. The molecule has 1 aliphatic heterocycles. The van der Waals surface area contributed by atoms with E-state index in [9.17, 15) is 9.59 Å². The lowest BCUT2D eigenvalue weighted by molar-refractivity contribution is -0.138. The molecule has 1 fully saturated rings. The molecule has 0 saturated carbocycles. The van der Waals surface area contributed by atoms with Gasteiger partial charge in [-0.25, -0.2) is 0 Å². The predicted molar refractivity (Wildman–Crippen MR) is 89.1 cm³/mol. The summed E-state index contributed by atoms with van der Waals surface area (Å²) in [6.07, 6.45) is 0. The van der Waals surface area contributed by atoms with Crippen LogP contribution in [0.3, 0.4) is 0 Å². The molecule has 0 amide bonds. The lowest BCUT2D eigenvalue weighted by Gasteiger charge is -2.13. The number of rotatable bonds is 2. The third kappa shape index (κ3) is 2.51. The van der Waals surface area contributed by atoms with Crippen molar-refractivity contribution in [1.82, 2.24) is 5.32 Å². The van der Waals surface area contributed by atoms with Crippen LogP contribution >= 0.6 is 27.7 Å². The third-order valence-electron chi connectivity index (χ3n) is 3.50. The Bertz CT molecular complexity index is 836. The normalized spacial score (nSPS) is 21.4. The smallest absolute Gasteiger partial charge is 0.321 e. The summed E-state index contributed by atoms with van der Waals surface area (Å²) in [7, 11) is 0. The summed E-state index contributed by atoms with van der Waals surface area (Å²) in [5.74, 6) is -0.565. The zero-order valence-electron chi connectivity index (χ0n) is 11.6. The molecule has 6 nitrogen and oxygen atoms in total. The van der Waals surface area contributed by atoms with Crippen LogP contribution in [-0.2, 0) is 4.79 Å². The fraction of sp³-hybridized carbons (Fsp3) is 0.286. The summed E-state index contributed by atoms with van der Waals surface area (Å²) < 4.78 is 6.26. The third-order valence-corrected chi connectivity index (χ3v) is 5.32. The summed E-state index contributed by atoms with van der Waals surface area (Å²) in [6.45, 7) is 1.88. The van der Waals surface area contributed by atoms with E-state index in [0.717, 1.165) is 5.56 Å². The second-order valence-electron chi connectivity index (χ2n) is 5.10. The van der Waals surface area contributed by atoms with Gasteiger partial charge in [0.25, 0.3) is 0 Å². The van der Waals surface area contributed by atoms with Gasteiger partial charge >= 0.3 is 5.97 Å². The lowest BCUT2D eigenvalue weighted by Crippen LogP contribution is -2.35. The zero-order valence-corrected chi connectivity index (χ0v) is 14.0. The SMILES string of the molecule is Cc1cc(Br)c2oc(N)c(C3NC(C(=O)O)CS3)c(=O)c2c1. The highest BCUT2D eigenvalue weighted by molar-refractivity contribution is 9.10. The zero-order chi connectivity index (χ0) is 16.0. The number of hydrogen-bond acceptors (Lipinski definition) is 6. The molecule has 1 aromatic heterocycles. The van der Waals surface area contributed by atoms with Gasteiger partial charge in [0, 0.05) is 5.75 Å². The second-order valence-corrected chi connectivity index (χ2v) is 7.10. The van der Waals surface area contributed by atoms with E-state index in [1.807, 2.05) is 13.0 Å². The molecule has 8 heteroatoms. The van der Waals surface area contributed by atoms with Crippen molar-refractivity contribution >= 4 is 50.5 Å². The van der Waals surface area contributed by atoms with E-state index in [-0.39, 0.29) is 16.9 Å². The number of carboxylic acid groups (broad SMARTS) is 1. The largest absolute Gasteiger partial charge is 0.480 e. The van der Waals surface area contributed by atoms with Crippen molar-refractivity contribution in [3.05, 3.63) is 38.0 Å². The molecule has 3 rings (SSSR count). The Morgan fingerprint density at radius 2 is 2.27 bits per heavy atom. The van der Waals surface area contributed by atoms with Gasteiger partial charge in [0.15, 0.2) is 5.58 Å². The molecule has 0 radical (unpaired) electrons. The van der Waals surface area contributed by atoms with Crippen LogP contribution in [0, 0.1) is 6.92 Å². The van der Waals surface area contributed by atoms with E-state index in [1.54, 1.807) is 6.07 Å². The van der Waals surface area contributed by atoms with Gasteiger partial charge in [-0.05, 0) is 40.5 Å². The Hall–Kier alpha value is -1.51. The van der Waals surface area contributed by atoms with Crippen molar-refractivity contribution in [3.8, 4) is 0 Å². The quantitative estimate of drug-likeness (QED) is 0.728. The maximum Gasteiger partial charge on any atom is 0.321 e. The monoisotopic (exact) mass is 384 g/mol. The number of carbonyl (C=O) groups is 1. The van der Waals surface area contributed by atoms with E-state index in [2.05, 4.69) is 21.2 Å². The lowest BCUT2D eigenvalue weighted by atomic mass is 10.1. The maximum absolute atomic E-state index is 12.8. The first-order valence-electron chi connectivity index (χ1n) is 6.51. The molecule has 0 bridgehead atoms. The molecule has 2 unspecified atom stereocenters. The van der Waals surface area contributed by atoms with Crippen molar-refractivity contribution in [2.45, 2.75) is 18.3 Å². The first-order valence-corrected chi connectivity index (χ1v) is 8.35. The summed E-state index contributed by atoms with van der Waals surface area (Å²) in [5.41, 5.74) is 7.26. The van der Waals surface area contributed by atoms with Gasteiger partial charge in [-0.3, -0.25) is 14.9 Å². The average Bonchev–Trinajstić information content (AvgIpc) is 2.90. The Morgan fingerprint density at radius 1 is 1.55 bits per heavy atom. The molecule has 1 aromatic carbocycles. The number of nitrogens with one attached hydrogen (secondary N) is 1. The number of nitrogen functional groups attached to an aromatic ring is 1. The summed E-state index contributed by atoms with van der Waals surface area (Å²) in [5, 5.41) is 11.9. The van der Waals surface area contributed by atoms with E-state index < -0.39 is 17.4 Å². The van der Waals surface area contributed by atoms with Crippen LogP contribution in [0.15, 0.2) is 25.8 Å². The van der Waals surface area contributed by atoms with E-state index in [4.69, 9.17) is 15.3 Å². The van der Waals surface area contributed by atoms with Gasteiger partial charge < -0.3 is 15.3 Å². The van der Waals surface area contributed by atoms with Crippen LogP contribution in [0.4, 0.5) is 5.88 Å². The van der Waals surface area contributed by atoms with E-state index in [0.29, 0.717) is 21.2 Å². The number of thioether (sulfide) groups is 1. The standard InChI is InChI=1S/C14H13BrN2O4S/c1-5-2-6-10(18)9(12(16)21-11(6)7(15)3-5)13-17-8(4-22-13)14(19)20/h2-3,8,13,17H,4,16H2,1H3,(H,19,20). The molecular weight excluding hydrogens is 372 g/mol. The van der Waals surface area contributed by atoms with Gasteiger partial charge in [0.05, 0.1) is 20.8 Å². The minimum atomic E-state index is -0.947. The van der Waals surface area contributed by atoms with Gasteiger partial charge in [-0.1, -0.05) is 0 Å². The fourth-order valence-electron chi connectivity index (χ4n) is 2.45. The van der Waals surface area contributed by atoms with Crippen LogP contribution in [0.1, 0.15) is 16.5 Å². The highest BCUT2D eigenvalue weighted by Gasteiger charge is 2.34. The Balaban J connectivity index is 2.15. The second kappa shape index (κ2) is 5.60. The molecule has 0 aliphatic carbocycles. The molecule has 2 atom stereocenters. The van der Waals surface area contributed by atoms with Crippen LogP contribution in [0.5, 0.6) is 0 Å². The fourth-order valence-corrected chi connectivity index (χ4v) is 4.38. The Kier molecular flexibility index (Phi) is 3.92. The highest BCUT2D eigenvalue weighted by Crippen LogP contribution is 2.36. The minimum Gasteiger partial charge on any atom is -0.480 e. The number of carboxylic acids is 1. The summed E-state index contributed by atoms with van der Waals surface area (Å²) >= 11 is 4.70. The van der Waals surface area contributed by atoms with Crippen LogP contribution in [0.25, 0.3) is 11.0 Å². The number of fused-ring (bicyclic) bond motifs is 1. The molecule has 0 spiro atoms. The first kappa shape index (κ1) is 15.4. The molecule has 1 aliphatic rings. The Morgan fingerprint density at radius 3 is 2.91 bits per heavy atom. The molecule has 2 aromatic rings. The summed E-state index contributed by atoms with van der Waals surface area (Å²) in [4.78, 5) is 23.8. The van der Waals surface area contributed by atoms with Gasteiger partial charge in [-0.15, -0.1) is 11.8 Å². The topological polar surface area (TPSA) is 106 Å². The van der Waals surface area contributed by atoms with Gasteiger partial charge in [0.1, 0.15) is 6.04 Å². The number of hydrogen-bond donors (Lipinski definition) is 3. The van der Waals surface area contributed by atoms with Crippen molar-refractivity contribution in [3.63, 3.8) is 0 Å². The van der Waals surface area contributed by atoms with Crippen molar-refractivity contribution in [1.29, 1.82) is 0 Å². The van der Waals surface area contributed by atoms with E-state index in [1.165, 1.54) is 11.8 Å². The van der Waals surface area contributed by atoms with Crippen molar-refractivity contribution < 1.29 is 14.3 Å². The number of anilines is 1. The first-order chi connectivity index (χ1) is 10.4. The number of nitrogens with two attached hydrogens (primary N) is 1. The highest BCUT2D eigenvalue weighted by atomic mass is 79.9. The summed E-state index contributed by atoms with van der Waals surface area (Å²) in [6, 6.07) is 2.88. The van der Waals surface area contributed by atoms with Crippen LogP contribution in [0.2, 0.25) is 0 Å². The minimum absolute atomic E-state index is 0.0121. The van der Waals surface area contributed by atoms with E-state index >= 15 is 0 Å².